The van der Waals surface area contributed by atoms with Crippen molar-refractivity contribution in [1.29, 1.82) is 0 Å². The van der Waals surface area contributed by atoms with Gasteiger partial charge in [-0.2, -0.15) is 0 Å². The number of carbonyl (C=O) groups excluding carboxylic acids is 1. The van der Waals surface area contributed by atoms with E-state index in [-0.39, 0.29) is 5.78 Å². The lowest BCUT2D eigenvalue weighted by atomic mass is 10.1. The van der Waals surface area contributed by atoms with Crippen LogP contribution in [-0.2, 0) is 4.79 Å². The van der Waals surface area contributed by atoms with Crippen molar-refractivity contribution in [3.63, 3.8) is 0 Å². The molecule has 0 bridgehead atoms. The molecule has 0 fully saturated rings. The number of Topliss-reactive ketones (excluding diaryl/α,β-unsaturated/α-hetero) is 1. The quantitative estimate of drug-likeness (QED) is 0.755. The Morgan fingerprint density at radius 1 is 1.38 bits per heavy atom. The Hall–Kier alpha value is -0.530. The van der Waals surface area contributed by atoms with E-state index in [4.69, 9.17) is 23.2 Å². The summed E-state index contributed by atoms with van der Waals surface area (Å²) in [4.78, 5) is 10.7. The SMILES string of the molecule is CC(=O)C[CH]c1ccc(Cl)c(Cl)c1. The Labute approximate surface area is 87.7 Å². The van der Waals surface area contributed by atoms with Crippen LogP contribution in [0.15, 0.2) is 18.2 Å². The number of rotatable bonds is 3. The molecule has 0 unspecified atom stereocenters. The van der Waals surface area contributed by atoms with Gasteiger partial charge in [0, 0.05) is 6.42 Å². The highest BCUT2D eigenvalue weighted by Gasteiger charge is 2.00. The fourth-order valence-corrected chi connectivity index (χ4v) is 1.21. The molecule has 0 aromatic heterocycles. The molecule has 0 aliphatic carbocycles. The van der Waals surface area contributed by atoms with Crippen LogP contribution in [0.5, 0.6) is 0 Å². The number of halogens is 2. The van der Waals surface area contributed by atoms with Gasteiger partial charge >= 0.3 is 0 Å². The van der Waals surface area contributed by atoms with Gasteiger partial charge in [-0.1, -0.05) is 29.3 Å². The first kappa shape index (κ1) is 10.6. The van der Waals surface area contributed by atoms with Crippen molar-refractivity contribution in [3.8, 4) is 0 Å². The highest BCUT2D eigenvalue weighted by atomic mass is 35.5. The van der Waals surface area contributed by atoms with E-state index in [0.29, 0.717) is 16.5 Å². The molecule has 0 atom stereocenters. The molecule has 0 heterocycles. The van der Waals surface area contributed by atoms with Gasteiger partial charge in [0.2, 0.25) is 0 Å². The summed E-state index contributed by atoms with van der Waals surface area (Å²) in [6.45, 7) is 1.55. The van der Waals surface area contributed by atoms with Crippen LogP contribution in [0.1, 0.15) is 18.9 Å². The lowest BCUT2D eigenvalue weighted by Gasteiger charge is -2.00. The molecule has 69 valence electrons. The zero-order valence-corrected chi connectivity index (χ0v) is 8.69. The molecule has 0 spiro atoms. The van der Waals surface area contributed by atoms with Crippen LogP contribution in [0.3, 0.4) is 0 Å². The average Bonchev–Trinajstić information content (AvgIpc) is 2.07. The minimum absolute atomic E-state index is 0.131. The average molecular weight is 216 g/mol. The normalized spacial score (nSPS) is 10.1. The fraction of sp³-hybridized carbons (Fsp3) is 0.200. The zero-order chi connectivity index (χ0) is 9.84. The summed E-state index contributed by atoms with van der Waals surface area (Å²) in [5, 5.41) is 1.04. The van der Waals surface area contributed by atoms with Gasteiger partial charge in [-0.25, -0.2) is 0 Å². The molecular formula is C10H9Cl2O. The van der Waals surface area contributed by atoms with Crippen molar-refractivity contribution in [2.24, 2.45) is 0 Å². The Bertz CT molecular complexity index is 321. The molecule has 1 nitrogen and oxygen atoms in total. The van der Waals surface area contributed by atoms with Crippen molar-refractivity contribution < 1.29 is 4.79 Å². The van der Waals surface area contributed by atoms with E-state index in [0.717, 1.165) is 5.56 Å². The molecule has 1 aromatic rings. The third-order valence-corrected chi connectivity index (χ3v) is 2.31. The second-order valence-electron chi connectivity index (χ2n) is 2.78. The lowest BCUT2D eigenvalue weighted by molar-refractivity contribution is -0.116. The number of ketones is 1. The van der Waals surface area contributed by atoms with Crippen LogP contribution >= 0.6 is 23.2 Å². The van der Waals surface area contributed by atoms with E-state index in [9.17, 15) is 4.79 Å². The molecule has 0 aliphatic rings. The van der Waals surface area contributed by atoms with E-state index in [2.05, 4.69) is 0 Å². The van der Waals surface area contributed by atoms with Gasteiger partial charge in [0.05, 0.1) is 10.0 Å². The smallest absolute Gasteiger partial charge is 0.130 e. The first-order valence-corrected chi connectivity index (χ1v) is 4.63. The van der Waals surface area contributed by atoms with Gasteiger partial charge < -0.3 is 4.79 Å². The summed E-state index contributed by atoms with van der Waals surface area (Å²) in [6, 6.07) is 5.29. The number of benzene rings is 1. The standard InChI is InChI=1S/C10H9Cl2O/c1-7(13)2-3-8-4-5-9(11)10(12)6-8/h3-6H,2H2,1H3. The van der Waals surface area contributed by atoms with E-state index in [1.807, 2.05) is 12.5 Å². The third-order valence-electron chi connectivity index (χ3n) is 1.57. The van der Waals surface area contributed by atoms with Gasteiger partial charge in [0.1, 0.15) is 5.78 Å². The third kappa shape index (κ3) is 3.37. The van der Waals surface area contributed by atoms with Gasteiger partial charge in [0.25, 0.3) is 0 Å². The van der Waals surface area contributed by atoms with Gasteiger partial charge in [-0.15, -0.1) is 0 Å². The van der Waals surface area contributed by atoms with Crippen molar-refractivity contribution in [1.82, 2.24) is 0 Å². The molecule has 0 amide bonds. The molecule has 3 heteroatoms. The van der Waals surface area contributed by atoms with Crippen LogP contribution in [0, 0.1) is 6.42 Å². The number of hydrogen-bond donors (Lipinski definition) is 0. The van der Waals surface area contributed by atoms with Crippen molar-refractivity contribution in [2.45, 2.75) is 13.3 Å². The Balaban J connectivity index is 2.68. The van der Waals surface area contributed by atoms with E-state index < -0.39 is 0 Å². The highest BCUT2D eigenvalue weighted by molar-refractivity contribution is 6.42. The Kier molecular flexibility index (Phi) is 3.76. The van der Waals surface area contributed by atoms with Crippen LogP contribution in [0.25, 0.3) is 0 Å². The van der Waals surface area contributed by atoms with Gasteiger partial charge in [-0.05, 0) is 31.0 Å². The molecule has 0 N–H and O–H groups in total. The summed E-state index contributed by atoms with van der Waals surface area (Å²) in [5.74, 6) is 0.131. The van der Waals surface area contributed by atoms with E-state index in [1.165, 1.54) is 0 Å². The summed E-state index contributed by atoms with van der Waals surface area (Å²) < 4.78 is 0. The maximum atomic E-state index is 10.7. The fourth-order valence-electron chi connectivity index (χ4n) is 0.901. The van der Waals surface area contributed by atoms with Crippen LogP contribution in [0.4, 0.5) is 0 Å². The van der Waals surface area contributed by atoms with Gasteiger partial charge in [-0.3, -0.25) is 0 Å². The molecule has 0 saturated carbocycles. The molecule has 1 rings (SSSR count). The van der Waals surface area contributed by atoms with Gasteiger partial charge in [0.15, 0.2) is 0 Å². The molecule has 0 aliphatic heterocycles. The molecule has 1 radical (unpaired) electrons. The zero-order valence-electron chi connectivity index (χ0n) is 7.18. The molecular weight excluding hydrogens is 207 g/mol. The monoisotopic (exact) mass is 215 g/mol. The molecule has 13 heavy (non-hydrogen) atoms. The number of hydrogen-bond acceptors (Lipinski definition) is 1. The van der Waals surface area contributed by atoms with Crippen LogP contribution in [0.2, 0.25) is 10.0 Å². The van der Waals surface area contributed by atoms with E-state index in [1.54, 1.807) is 19.1 Å². The van der Waals surface area contributed by atoms with Crippen molar-refractivity contribution in [2.75, 3.05) is 0 Å². The second-order valence-corrected chi connectivity index (χ2v) is 3.60. The minimum Gasteiger partial charge on any atom is -0.300 e. The lowest BCUT2D eigenvalue weighted by Crippen LogP contribution is -1.91. The predicted octanol–water partition coefficient (Wildman–Crippen LogP) is 3.52. The first-order valence-electron chi connectivity index (χ1n) is 3.87. The summed E-state index contributed by atoms with van der Waals surface area (Å²) >= 11 is 11.5. The number of carbonyl (C=O) groups is 1. The molecule has 0 saturated heterocycles. The minimum atomic E-state index is 0.131. The van der Waals surface area contributed by atoms with Crippen LogP contribution in [-0.4, -0.2) is 5.78 Å². The van der Waals surface area contributed by atoms with Crippen molar-refractivity contribution in [3.05, 3.63) is 40.2 Å². The topological polar surface area (TPSA) is 17.1 Å². The largest absolute Gasteiger partial charge is 0.300 e. The summed E-state index contributed by atoms with van der Waals surface area (Å²) in [7, 11) is 0. The summed E-state index contributed by atoms with van der Waals surface area (Å²) in [6.07, 6.45) is 2.25. The van der Waals surface area contributed by atoms with E-state index >= 15 is 0 Å². The second kappa shape index (κ2) is 4.64. The maximum absolute atomic E-state index is 10.7. The Morgan fingerprint density at radius 2 is 2.08 bits per heavy atom. The summed E-state index contributed by atoms with van der Waals surface area (Å²) in [5.41, 5.74) is 0.921. The predicted molar refractivity (Wildman–Crippen MR) is 55.2 cm³/mol. The highest BCUT2D eigenvalue weighted by Crippen LogP contribution is 2.23. The Morgan fingerprint density at radius 3 is 2.62 bits per heavy atom. The molecule has 1 aromatic carbocycles. The first-order chi connectivity index (χ1) is 6.09. The van der Waals surface area contributed by atoms with Crippen LogP contribution < -0.4 is 0 Å². The maximum Gasteiger partial charge on any atom is 0.130 e. The van der Waals surface area contributed by atoms with Crippen molar-refractivity contribution >= 4 is 29.0 Å².